The second-order valence-corrected chi connectivity index (χ2v) is 8.10. The third-order valence-electron chi connectivity index (χ3n) is 4.58. The summed E-state index contributed by atoms with van der Waals surface area (Å²) in [5.74, 6) is 2.31. The van der Waals surface area contributed by atoms with Gasteiger partial charge < -0.3 is 19.9 Å². The van der Waals surface area contributed by atoms with E-state index >= 15 is 0 Å². The van der Waals surface area contributed by atoms with Gasteiger partial charge in [-0.15, -0.1) is 34.2 Å². The molecule has 0 fully saturated rings. The SMILES string of the molecule is CN=C(NCc1ccc(OC(C)(C)C)cc1C(F)(F)F)NCc1nnc2n1CCC2.I. The third kappa shape index (κ3) is 6.71. The highest BCUT2D eigenvalue weighted by Gasteiger charge is 2.34. The van der Waals surface area contributed by atoms with E-state index in [2.05, 4.69) is 30.4 Å². The van der Waals surface area contributed by atoms with E-state index in [4.69, 9.17) is 4.74 Å². The van der Waals surface area contributed by atoms with E-state index in [1.807, 2.05) is 0 Å². The number of halogens is 4. The fourth-order valence-corrected chi connectivity index (χ4v) is 3.29. The van der Waals surface area contributed by atoms with E-state index in [0.29, 0.717) is 12.5 Å². The number of fused-ring (bicyclic) bond motifs is 1. The number of benzene rings is 1. The van der Waals surface area contributed by atoms with Crippen LogP contribution in [0.2, 0.25) is 0 Å². The fourth-order valence-electron chi connectivity index (χ4n) is 3.29. The number of guanidine groups is 1. The molecule has 2 heterocycles. The monoisotopic (exact) mass is 552 g/mol. The number of hydrogen-bond donors (Lipinski definition) is 2. The van der Waals surface area contributed by atoms with E-state index < -0.39 is 17.3 Å². The molecule has 0 unspecified atom stereocenters. The Morgan fingerprint density at radius 2 is 1.87 bits per heavy atom. The number of rotatable bonds is 5. The molecule has 0 atom stereocenters. The number of nitrogens with zero attached hydrogens (tertiary/aromatic N) is 4. The van der Waals surface area contributed by atoms with Crippen LogP contribution in [0, 0.1) is 0 Å². The van der Waals surface area contributed by atoms with Gasteiger partial charge in [-0.1, -0.05) is 6.07 Å². The summed E-state index contributed by atoms with van der Waals surface area (Å²) in [7, 11) is 1.56. The Bertz CT molecular complexity index is 921. The highest BCUT2D eigenvalue weighted by Crippen LogP contribution is 2.35. The Morgan fingerprint density at radius 1 is 1.16 bits per heavy atom. The van der Waals surface area contributed by atoms with Crippen LogP contribution in [-0.2, 0) is 32.2 Å². The minimum atomic E-state index is -4.49. The zero-order valence-electron chi connectivity index (χ0n) is 18.0. The molecular weight excluding hydrogens is 524 g/mol. The highest BCUT2D eigenvalue weighted by atomic mass is 127. The Hall–Kier alpha value is -2.05. The van der Waals surface area contributed by atoms with Gasteiger partial charge in [0.1, 0.15) is 17.2 Å². The molecule has 1 aromatic carbocycles. The van der Waals surface area contributed by atoms with E-state index in [9.17, 15) is 13.2 Å². The highest BCUT2D eigenvalue weighted by molar-refractivity contribution is 14.0. The van der Waals surface area contributed by atoms with Gasteiger partial charge in [0.2, 0.25) is 0 Å². The molecule has 3 rings (SSSR count). The molecule has 2 N–H and O–H groups in total. The van der Waals surface area contributed by atoms with Crippen LogP contribution in [0.25, 0.3) is 0 Å². The summed E-state index contributed by atoms with van der Waals surface area (Å²) in [4.78, 5) is 4.09. The van der Waals surface area contributed by atoms with Crippen LogP contribution in [-0.4, -0.2) is 33.4 Å². The molecule has 7 nitrogen and oxygen atoms in total. The van der Waals surface area contributed by atoms with Gasteiger partial charge in [0, 0.05) is 26.6 Å². The van der Waals surface area contributed by atoms with E-state index in [-0.39, 0.29) is 41.8 Å². The second-order valence-electron chi connectivity index (χ2n) is 8.10. The maximum Gasteiger partial charge on any atom is 0.416 e. The molecule has 2 aromatic rings. The van der Waals surface area contributed by atoms with Gasteiger partial charge >= 0.3 is 6.18 Å². The van der Waals surface area contributed by atoms with Crippen molar-refractivity contribution in [1.82, 2.24) is 25.4 Å². The number of nitrogens with one attached hydrogen (secondary N) is 2. The Kier molecular flexibility index (Phi) is 8.17. The van der Waals surface area contributed by atoms with Crippen LogP contribution in [0.3, 0.4) is 0 Å². The van der Waals surface area contributed by atoms with Gasteiger partial charge in [0.15, 0.2) is 11.8 Å². The largest absolute Gasteiger partial charge is 0.488 e. The van der Waals surface area contributed by atoms with Crippen molar-refractivity contribution in [2.45, 2.75) is 65.0 Å². The zero-order chi connectivity index (χ0) is 21.9. The lowest BCUT2D eigenvalue weighted by Gasteiger charge is -2.23. The number of ether oxygens (including phenoxy) is 1. The first-order valence-electron chi connectivity index (χ1n) is 9.81. The van der Waals surface area contributed by atoms with Gasteiger partial charge in [-0.25, -0.2) is 0 Å². The molecule has 31 heavy (non-hydrogen) atoms. The second kappa shape index (κ2) is 10.0. The number of aromatic nitrogens is 3. The summed E-state index contributed by atoms with van der Waals surface area (Å²) in [5, 5.41) is 14.3. The lowest BCUT2D eigenvalue weighted by molar-refractivity contribution is -0.138. The van der Waals surface area contributed by atoms with Gasteiger partial charge in [0.05, 0.1) is 12.1 Å². The van der Waals surface area contributed by atoms with Crippen LogP contribution in [0.1, 0.15) is 50.0 Å². The molecule has 11 heteroatoms. The van der Waals surface area contributed by atoms with Crippen LogP contribution in [0.4, 0.5) is 13.2 Å². The molecule has 0 saturated heterocycles. The van der Waals surface area contributed by atoms with E-state index in [1.165, 1.54) is 6.07 Å². The van der Waals surface area contributed by atoms with Gasteiger partial charge in [-0.2, -0.15) is 13.2 Å². The van der Waals surface area contributed by atoms with Crippen molar-refractivity contribution in [3.05, 3.63) is 41.0 Å². The lowest BCUT2D eigenvalue weighted by Crippen LogP contribution is -2.37. The van der Waals surface area contributed by atoms with Gasteiger partial charge in [0.25, 0.3) is 0 Å². The maximum absolute atomic E-state index is 13.6. The minimum absolute atomic E-state index is 0. The van der Waals surface area contributed by atoms with Crippen molar-refractivity contribution in [3.63, 3.8) is 0 Å². The van der Waals surface area contributed by atoms with Crippen LogP contribution in [0.15, 0.2) is 23.2 Å². The predicted octanol–water partition coefficient (Wildman–Crippen LogP) is 3.90. The molecule has 1 aliphatic heterocycles. The summed E-state index contributed by atoms with van der Waals surface area (Å²) in [5.41, 5.74) is -1.21. The fraction of sp³-hybridized carbons (Fsp3) is 0.550. The van der Waals surface area contributed by atoms with Crippen molar-refractivity contribution in [2.24, 2.45) is 4.99 Å². The quantitative estimate of drug-likeness (QED) is 0.335. The molecule has 0 radical (unpaired) electrons. The van der Waals surface area contributed by atoms with Crippen molar-refractivity contribution < 1.29 is 17.9 Å². The molecular formula is C20H28F3IN6O. The topological polar surface area (TPSA) is 76.4 Å². The molecule has 0 aliphatic carbocycles. The zero-order valence-corrected chi connectivity index (χ0v) is 20.3. The average molecular weight is 552 g/mol. The van der Waals surface area contributed by atoms with Crippen LogP contribution >= 0.6 is 24.0 Å². The molecule has 172 valence electrons. The van der Waals surface area contributed by atoms with E-state index in [1.54, 1.807) is 33.9 Å². The first kappa shape index (κ1) is 25.2. The van der Waals surface area contributed by atoms with Gasteiger partial charge in [-0.3, -0.25) is 4.99 Å². The summed E-state index contributed by atoms with van der Waals surface area (Å²) in [6.45, 7) is 6.59. The number of aryl methyl sites for hydroxylation is 1. The predicted molar refractivity (Wildman–Crippen MR) is 123 cm³/mol. The maximum atomic E-state index is 13.6. The smallest absolute Gasteiger partial charge is 0.416 e. The Labute approximate surface area is 196 Å². The van der Waals surface area contributed by atoms with Gasteiger partial charge in [-0.05, 0) is 44.9 Å². The molecule has 0 saturated carbocycles. The summed E-state index contributed by atoms with van der Waals surface area (Å²) < 4.78 is 48.4. The normalized spacial score (nSPS) is 14.1. The molecule has 1 aromatic heterocycles. The first-order valence-corrected chi connectivity index (χ1v) is 9.81. The number of aliphatic imine (C=N–C) groups is 1. The molecule has 0 spiro atoms. The standard InChI is InChI=1S/C20H27F3N6O.HI/c1-19(2,3)30-14-8-7-13(15(10-14)20(21,22)23)11-25-18(24-4)26-12-17-28-27-16-6-5-9-29(16)17;/h7-8,10H,5-6,9,11-12H2,1-4H3,(H2,24,25,26);1H. The third-order valence-corrected chi connectivity index (χ3v) is 4.58. The minimum Gasteiger partial charge on any atom is -0.488 e. The lowest BCUT2D eigenvalue weighted by atomic mass is 10.1. The molecule has 0 amide bonds. The average Bonchev–Trinajstić information content (AvgIpc) is 3.25. The van der Waals surface area contributed by atoms with Crippen molar-refractivity contribution in [3.8, 4) is 5.75 Å². The first-order chi connectivity index (χ1) is 14.1. The van der Waals surface area contributed by atoms with Crippen molar-refractivity contribution in [2.75, 3.05) is 7.05 Å². The van der Waals surface area contributed by atoms with Crippen LogP contribution < -0.4 is 15.4 Å². The van der Waals surface area contributed by atoms with Crippen LogP contribution in [0.5, 0.6) is 5.75 Å². The molecule has 1 aliphatic rings. The van der Waals surface area contributed by atoms with E-state index in [0.717, 1.165) is 37.1 Å². The summed E-state index contributed by atoms with van der Waals surface area (Å²) in [6.07, 6.45) is -2.54. The Balaban J connectivity index is 0.00000341. The summed E-state index contributed by atoms with van der Waals surface area (Å²) >= 11 is 0. The molecule has 0 bridgehead atoms. The summed E-state index contributed by atoms with van der Waals surface area (Å²) in [6, 6.07) is 4.01. The number of alkyl halides is 3. The Morgan fingerprint density at radius 3 is 2.52 bits per heavy atom. The van der Waals surface area contributed by atoms with Crippen molar-refractivity contribution in [1.29, 1.82) is 0 Å². The van der Waals surface area contributed by atoms with Crippen molar-refractivity contribution >= 4 is 29.9 Å². The number of hydrogen-bond acceptors (Lipinski definition) is 4.